The zero-order valence-corrected chi connectivity index (χ0v) is 12.7. The fourth-order valence-electron chi connectivity index (χ4n) is 1.86. The van der Waals surface area contributed by atoms with Gasteiger partial charge in [0.2, 0.25) is 0 Å². The van der Waals surface area contributed by atoms with E-state index in [2.05, 4.69) is 10.4 Å². The molecular weight excluding hydrogens is 280 g/mol. The van der Waals surface area contributed by atoms with Crippen molar-refractivity contribution in [3.8, 4) is 0 Å². The molecule has 3 N–H and O–H groups in total. The predicted molar refractivity (Wildman–Crippen MR) is 84.6 cm³/mol. The van der Waals surface area contributed by atoms with E-state index >= 15 is 0 Å². The predicted octanol–water partition coefficient (Wildman–Crippen LogP) is 0.759. The molecule has 0 fully saturated rings. The van der Waals surface area contributed by atoms with Crippen LogP contribution in [0.5, 0.6) is 0 Å². The third-order valence-corrected chi connectivity index (χ3v) is 3.24. The minimum atomic E-state index is -0.529. The van der Waals surface area contributed by atoms with Crippen LogP contribution in [0.1, 0.15) is 29.9 Å². The van der Waals surface area contributed by atoms with Gasteiger partial charge >= 0.3 is 0 Å². The third-order valence-electron chi connectivity index (χ3n) is 3.24. The van der Waals surface area contributed by atoms with Gasteiger partial charge in [0.05, 0.1) is 6.54 Å². The molecule has 6 nitrogen and oxygen atoms in total. The van der Waals surface area contributed by atoms with Crippen LogP contribution < -0.4 is 16.6 Å². The smallest absolute Gasteiger partial charge is 0.272 e. The van der Waals surface area contributed by atoms with Gasteiger partial charge in [-0.3, -0.25) is 9.59 Å². The number of amides is 1. The highest BCUT2D eigenvalue weighted by atomic mass is 16.2. The van der Waals surface area contributed by atoms with Gasteiger partial charge in [-0.2, -0.15) is 5.10 Å². The number of carbonyl (C=O) groups is 1. The van der Waals surface area contributed by atoms with Crippen LogP contribution in [0.2, 0.25) is 0 Å². The largest absolute Gasteiger partial charge is 0.344 e. The average Bonchev–Trinajstić information content (AvgIpc) is 2.50. The summed E-state index contributed by atoms with van der Waals surface area (Å²) in [6.07, 6.45) is 0. The number of nitrogens with zero attached hydrogens (tertiary/aromatic N) is 2. The maximum atomic E-state index is 12.2. The lowest BCUT2D eigenvalue weighted by molar-refractivity contribution is 0.0908. The molecule has 6 heteroatoms. The van der Waals surface area contributed by atoms with Crippen molar-refractivity contribution in [2.45, 2.75) is 25.9 Å². The lowest BCUT2D eigenvalue weighted by Gasteiger charge is -2.23. The SMILES string of the molecule is CC(C)(CN)NC(=O)c1ccc(=O)n(Cc2ccccc2)n1. The van der Waals surface area contributed by atoms with Gasteiger partial charge < -0.3 is 11.1 Å². The van der Waals surface area contributed by atoms with E-state index in [1.54, 1.807) is 0 Å². The minimum Gasteiger partial charge on any atom is -0.344 e. The summed E-state index contributed by atoms with van der Waals surface area (Å²) >= 11 is 0. The van der Waals surface area contributed by atoms with Crippen LogP contribution in [-0.2, 0) is 6.54 Å². The third kappa shape index (κ3) is 4.02. The molecule has 22 heavy (non-hydrogen) atoms. The van der Waals surface area contributed by atoms with Gasteiger partial charge in [-0.1, -0.05) is 30.3 Å². The van der Waals surface area contributed by atoms with Crippen molar-refractivity contribution in [1.82, 2.24) is 15.1 Å². The first-order valence-electron chi connectivity index (χ1n) is 7.06. The van der Waals surface area contributed by atoms with Crippen LogP contribution in [0.15, 0.2) is 47.3 Å². The summed E-state index contributed by atoms with van der Waals surface area (Å²) in [4.78, 5) is 24.1. The highest BCUT2D eigenvalue weighted by molar-refractivity contribution is 5.92. The van der Waals surface area contributed by atoms with Crippen LogP contribution in [-0.4, -0.2) is 27.8 Å². The molecule has 0 saturated carbocycles. The molecule has 0 bridgehead atoms. The molecule has 0 saturated heterocycles. The standard InChI is InChI=1S/C16H20N4O2/c1-16(2,11-17)18-15(22)13-8-9-14(21)20(19-13)10-12-6-4-3-5-7-12/h3-9H,10-11,17H2,1-2H3,(H,18,22). The van der Waals surface area contributed by atoms with Gasteiger partial charge in [-0.15, -0.1) is 0 Å². The van der Waals surface area contributed by atoms with Crippen molar-refractivity contribution in [3.63, 3.8) is 0 Å². The van der Waals surface area contributed by atoms with E-state index in [-0.39, 0.29) is 17.2 Å². The summed E-state index contributed by atoms with van der Waals surface area (Å²) in [6.45, 7) is 4.28. The molecule has 0 aliphatic rings. The number of carbonyl (C=O) groups excluding carboxylic acids is 1. The van der Waals surface area contributed by atoms with E-state index in [9.17, 15) is 9.59 Å². The van der Waals surface area contributed by atoms with Crippen LogP contribution in [0.4, 0.5) is 0 Å². The summed E-state index contributed by atoms with van der Waals surface area (Å²) in [6, 6.07) is 12.3. The van der Waals surface area contributed by atoms with E-state index in [1.807, 2.05) is 44.2 Å². The highest BCUT2D eigenvalue weighted by Gasteiger charge is 2.20. The minimum absolute atomic E-state index is 0.192. The lowest BCUT2D eigenvalue weighted by atomic mass is 10.1. The van der Waals surface area contributed by atoms with Crippen molar-refractivity contribution in [2.75, 3.05) is 6.54 Å². The summed E-state index contributed by atoms with van der Waals surface area (Å²) in [7, 11) is 0. The Balaban J connectivity index is 2.23. The molecule has 2 aromatic rings. The number of rotatable bonds is 5. The van der Waals surface area contributed by atoms with Crippen molar-refractivity contribution in [2.24, 2.45) is 5.73 Å². The van der Waals surface area contributed by atoms with Crippen molar-refractivity contribution in [1.29, 1.82) is 0 Å². The normalized spacial score (nSPS) is 11.2. The number of hydrogen-bond acceptors (Lipinski definition) is 4. The second-order valence-corrected chi connectivity index (χ2v) is 5.74. The molecule has 116 valence electrons. The quantitative estimate of drug-likeness (QED) is 0.853. The number of benzene rings is 1. The summed E-state index contributed by atoms with van der Waals surface area (Å²) in [5.41, 5.74) is 5.95. The first-order valence-corrected chi connectivity index (χ1v) is 7.06. The summed E-state index contributed by atoms with van der Waals surface area (Å²) < 4.78 is 1.28. The molecule has 0 atom stereocenters. The Morgan fingerprint density at radius 1 is 1.23 bits per heavy atom. The number of nitrogens with one attached hydrogen (secondary N) is 1. The fourth-order valence-corrected chi connectivity index (χ4v) is 1.86. The molecule has 1 heterocycles. The molecule has 1 aromatic heterocycles. The molecule has 0 aliphatic carbocycles. The Kier molecular flexibility index (Phi) is 4.72. The highest BCUT2D eigenvalue weighted by Crippen LogP contribution is 2.03. The van der Waals surface area contributed by atoms with Gasteiger partial charge in [0.25, 0.3) is 11.5 Å². The molecule has 1 amide bonds. The van der Waals surface area contributed by atoms with Gasteiger partial charge in [-0.25, -0.2) is 4.68 Å². The average molecular weight is 300 g/mol. The Hall–Kier alpha value is -2.47. The molecule has 2 rings (SSSR count). The lowest BCUT2D eigenvalue weighted by Crippen LogP contribution is -2.49. The van der Waals surface area contributed by atoms with Gasteiger partial charge in [0.15, 0.2) is 0 Å². The van der Waals surface area contributed by atoms with Crippen molar-refractivity contribution >= 4 is 5.91 Å². The van der Waals surface area contributed by atoms with E-state index in [4.69, 9.17) is 5.73 Å². The van der Waals surface area contributed by atoms with Crippen LogP contribution in [0.25, 0.3) is 0 Å². The molecule has 0 spiro atoms. The van der Waals surface area contributed by atoms with Crippen LogP contribution >= 0.6 is 0 Å². The van der Waals surface area contributed by atoms with E-state index < -0.39 is 5.54 Å². The molecule has 1 aromatic carbocycles. The molecule has 0 aliphatic heterocycles. The first kappa shape index (κ1) is 15.9. The van der Waals surface area contributed by atoms with E-state index in [0.717, 1.165) is 5.56 Å². The van der Waals surface area contributed by atoms with Crippen LogP contribution in [0, 0.1) is 0 Å². The number of aromatic nitrogens is 2. The Morgan fingerprint density at radius 3 is 2.55 bits per heavy atom. The van der Waals surface area contributed by atoms with Gasteiger partial charge in [0.1, 0.15) is 5.69 Å². The zero-order chi connectivity index (χ0) is 16.2. The Labute approximate surface area is 129 Å². The maximum Gasteiger partial charge on any atom is 0.272 e. The van der Waals surface area contributed by atoms with Gasteiger partial charge in [-0.05, 0) is 25.5 Å². The van der Waals surface area contributed by atoms with Crippen LogP contribution in [0.3, 0.4) is 0 Å². The topological polar surface area (TPSA) is 90.0 Å². The fraction of sp³-hybridized carbons (Fsp3) is 0.312. The maximum absolute atomic E-state index is 12.2. The van der Waals surface area contributed by atoms with Gasteiger partial charge in [0, 0.05) is 18.2 Å². The molecule has 0 unspecified atom stereocenters. The molecule has 0 radical (unpaired) electrons. The Morgan fingerprint density at radius 2 is 1.91 bits per heavy atom. The summed E-state index contributed by atoms with van der Waals surface area (Å²) in [5.74, 6) is -0.350. The number of nitrogens with two attached hydrogens (primary N) is 1. The Bertz CT molecular complexity index is 708. The monoisotopic (exact) mass is 300 g/mol. The second-order valence-electron chi connectivity index (χ2n) is 5.74. The number of hydrogen-bond donors (Lipinski definition) is 2. The van der Waals surface area contributed by atoms with Crippen molar-refractivity contribution in [3.05, 3.63) is 64.1 Å². The van der Waals surface area contributed by atoms with E-state index in [1.165, 1.54) is 16.8 Å². The van der Waals surface area contributed by atoms with Crippen molar-refractivity contribution < 1.29 is 4.79 Å². The second kappa shape index (κ2) is 6.53. The first-order chi connectivity index (χ1) is 10.4. The summed E-state index contributed by atoms with van der Waals surface area (Å²) in [5, 5.41) is 6.93. The molecular formula is C16H20N4O2. The zero-order valence-electron chi connectivity index (χ0n) is 12.7. The van der Waals surface area contributed by atoms with E-state index in [0.29, 0.717) is 13.1 Å².